The molecule has 0 aliphatic carbocycles. The number of anilines is 1. The van der Waals surface area contributed by atoms with Gasteiger partial charge in [0.1, 0.15) is 5.82 Å². The van der Waals surface area contributed by atoms with Gasteiger partial charge < -0.3 is 10.6 Å². The quantitative estimate of drug-likeness (QED) is 0.942. The van der Waals surface area contributed by atoms with Crippen LogP contribution in [0.15, 0.2) is 48.5 Å². The Labute approximate surface area is 135 Å². The lowest BCUT2D eigenvalue weighted by Gasteiger charge is -2.36. The summed E-state index contributed by atoms with van der Waals surface area (Å²) in [6.07, 6.45) is 0. The van der Waals surface area contributed by atoms with Gasteiger partial charge in [0.2, 0.25) is 5.91 Å². The van der Waals surface area contributed by atoms with Crippen LogP contribution < -0.4 is 10.6 Å². The first-order valence-corrected chi connectivity index (χ1v) is 7.74. The molecule has 0 spiro atoms. The van der Waals surface area contributed by atoms with Crippen LogP contribution in [0.4, 0.5) is 10.1 Å². The maximum Gasteiger partial charge on any atom is 0.248 e. The summed E-state index contributed by atoms with van der Waals surface area (Å²) in [5.74, 6) is -0.999. The van der Waals surface area contributed by atoms with Gasteiger partial charge in [0, 0.05) is 38.3 Å². The maximum absolute atomic E-state index is 14.2. The number of nitrogens with two attached hydrogens (primary N) is 1. The third kappa shape index (κ3) is 3.68. The predicted molar refractivity (Wildman–Crippen MR) is 88.8 cm³/mol. The number of carbonyl (C=O) groups excluding carboxylic acids is 1. The first kappa shape index (κ1) is 15.5. The van der Waals surface area contributed by atoms with E-state index in [9.17, 15) is 9.18 Å². The van der Waals surface area contributed by atoms with Crippen LogP contribution in [-0.2, 0) is 6.54 Å². The maximum atomic E-state index is 14.2. The number of hydrogen-bond acceptors (Lipinski definition) is 3. The molecular weight excluding hydrogens is 293 g/mol. The van der Waals surface area contributed by atoms with Gasteiger partial charge in [-0.2, -0.15) is 0 Å². The summed E-state index contributed by atoms with van der Waals surface area (Å²) in [6.45, 7) is 4.20. The Hall–Kier alpha value is -2.40. The number of primary amides is 1. The summed E-state index contributed by atoms with van der Waals surface area (Å²) in [6, 6.07) is 14.8. The molecule has 1 heterocycles. The summed E-state index contributed by atoms with van der Waals surface area (Å²) in [4.78, 5) is 15.5. The number of nitrogens with zero attached hydrogens (tertiary/aromatic N) is 2. The fourth-order valence-corrected chi connectivity index (χ4v) is 2.91. The molecule has 1 saturated heterocycles. The van der Waals surface area contributed by atoms with Crippen LogP contribution in [-0.4, -0.2) is 37.0 Å². The smallest absolute Gasteiger partial charge is 0.248 e. The average Bonchev–Trinajstić information content (AvgIpc) is 2.56. The van der Waals surface area contributed by atoms with E-state index < -0.39 is 11.7 Å². The third-order valence-corrected chi connectivity index (χ3v) is 4.19. The van der Waals surface area contributed by atoms with Gasteiger partial charge in [-0.15, -0.1) is 0 Å². The van der Waals surface area contributed by atoms with Crippen molar-refractivity contribution in [3.05, 3.63) is 65.5 Å². The normalized spacial score (nSPS) is 15.6. The van der Waals surface area contributed by atoms with Crippen molar-refractivity contribution in [3.63, 3.8) is 0 Å². The molecule has 23 heavy (non-hydrogen) atoms. The van der Waals surface area contributed by atoms with Crippen molar-refractivity contribution in [3.8, 4) is 0 Å². The van der Waals surface area contributed by atoms with Gasteiger partial charge in [-0.1, -0.05) is 30.3 Å². The molecule has 3 rings (SSSR count). The second kappa shape index (κ2) is 6.79. The van der Waals surface area contributed by atoms with Crippen LogP contribution in [0.25, 0.3) is 0 Å². The van der Waals surface area contributed by atoms with Gasteiger partial charge in [-0.05, 0) is 23.8 Å². The van der Waals surface area contributed by atoms with Crippen LogP contribution in [0.2, 0.25) is 0 Å². The van der Waals surface area contributed by atoms with Gasteiger partial charge >= 0.3 is 0 Å². The summed E-state index contributed by atoms with van der Waals surface area (Å²) >= 11 is 0. The van der Waals surface area contributed by atoms with Crippen LogP contribution in [0.1, 0.15) is 15.9 Å². The molecule has 0 bridgehead atoms. The predicted octanol–water partition coefficient (Wildman–Crippen LogP) is 2.25. The van der Waals surface area contributed by atoms with E-state index in [1.54, 1.807) is 12.1 Å². The van der Waals surface area contributed by atoms with Crippen molar-refractivity contribution < 1.29 is 9.18 Å². The Balaban J connectivity index is 1.62. The molecule has 120 valence electrons. The molecule has 0 saturated carbocycles. The highest BCUT2D eigenvalue weighted by molar-refractivity contribution is 5.93. The van der Waals surface area contributed by atoms with Crippen molar-refractivity contribution in [2.45, 2.75) is 6.54 Å². The molecule has 0 aromatic heterocycles. The van der Waals surface area contributed by atoms with Crippen LogP contribution in [0.5, 0.6) is 0 Å². The van der Waals surface area contributed by atoms with Crippen LogP contribution >= 0.6 is 0 Å². The van der Waals surface area contributed by atoms with Gasteiger partial charge in [-0.25, -0.2) is 4.39 Å². The van der Waals surface area contributed by atoms with Gasteiger partial charge in [-0.3, -0.25) is 9.69 Å². The molecule has 0 unspecified atom stereocenters. The Bertz CT molecular complexity index is 682. The number of amides is 1. The van der Waals surface area contributed by atoms with E-state index in [1.165, 1.54) is 11.6 Å². The van der Waals surface area contributed by atoms with Crippen LogP contribution in [0, 0.1) is 5.82 Å². The van der Waals surface area contributed by atoms with Crippen molar-refractivity contribution in [1.82, 2.24) is 4.90 Å². The second-order valence-corrected chi connectivity index (χ2v) is 5.78. The summed E-state index contributed by atoms with van der Waals surface area (Å²) in [5.41, 5.74) is 7.21. The second-order valence-electron chi connectivity index (χ2n) is 5.78. The summed E-state index contributed by atoms with van der Waals surface area (Å²) in [5, 5.41) is 0. The monoisotopic (exact) mass is 313 g/mol. The minimum Gasteiger partial charge on any atom is -0.367 e. The summed E-state index contributed by atoms with van der Waals surface area (Å²) < 4.78 is 14.2. The zero-order valence-electron chi connectivity index (χ0n) is 12.9. The minimum atomic E-state index is -0.608. The van der Waals surface area contributed by atoms with Crippen molar-refractivity contribution in [2.75, 3.05) is 31.1 Å². The molecule has 4 nitrogen and oxygen atoms in total. The highest BCUT2D eigenvalue weighted by Crippen LogP contribution is 2.22. The van der Waals surface area contributed by atoms with Crippen molar-refractivity contribution in [2.24, 2.45) is 5.73 Å². The Morgan fingerprint density at radius 1 is 1.04 bits per heavy atom. The first-order valence-electron chi connectivity index (χ1n) is 7.74. The molecular formula is C18H20FN3O. The standard InChI is InChI=1S/C18H20FN3O/c19-16-12-15(18(20)23)6-7-17(16)22-10-8-21(9-11-22)13-14-4-2-1-3-5-14/h1-7,12H,8-11,13H2,(H2,20,23). The van der Waals surface area contributed by atoms with Crippen molar-refractivity contribution >= 4 is 11.6 Å². The number of hydrogen-bond donors (Lipinski definition) is 1. The Morgan fingerprint density at radius 2 is 1.74 bits per heavy atom. The lowest BCUT2D eigenvalue weighted by molar-refractivity contribution is 0.1000. The largest absolute Gasteiger partial charge is 0.367 e. The Morgan fingerprint density at radius 3 is 2.35 bits per heavy atom. The number of piperazine rings is 1. The molecule has 1 aliphatic rings. The first-order chi connectivity index (χ1) is 11.1. The molecule has 2 aromatic rings. The van der Waals surface area contributed by atoms with E-state index in [0.717, 1.165) is 32.7 Å². The zero-order valence-corrected chi connectivity index (χ0v) is 12.9. The topological polar surface area (TPSA) is 49.6 Å². The summed E-state index contributed by atoms with van der Waals surface area (Å²) in [7, 11) is 0. The molecule has 0 atom stereocenters. The van der Waals surface area contributed by atoms with E-state index in [4.69, 9.17) is 5.73 Å². The molecule has 2 aromatic carbocycles. The Kier molecular flexibility index (Phi) is 4.57. The average molecular weight is 313 g/mol. The van der Waals surface area contributed by atoms with E-state index in [2.05, 4.69) is 17.0 Å². The zero-order chi connectivity index (χ0) is 16.2. The van der Waals surface area contributed by atoms with Gasteiger partial charge in [0.05, 0.1) is 5.69 Å². The fourth-order valence-electron chi connectivity index (χ4n) is 2.91. The van der Waals surface area contributed by atoms with Gasteiger partial charge in [0.25, 0.3) is 0 Å². The number of carbonyl (C=O) groups is 1. The molecule has 0 radical (unpaired) electrons. The van der Waals surface area contributed by atoms with E-state index in [0.29, 0.717) is 5.69 Å². The SMILES string of the molecule is NC(=O)c1ccc(N2CCN(Cc3ccccc3)CC2)c(F)c1. The van der Waals surface area contributed by atoms with Crippen LogP contribution in [0.3, 0.4) is 0 Å². The highest BCUT2D eigenvalue weighted by Gasteiger charge is 2.20. The third-order valence-electron chi connectivity index (χ3n) is 4.19. The lowest BCUT2D eigenvalue weighted by Crippen LogP contribution is -2.46. The highest BCUT2D eigenvalue weighted by atomic mass is 19.1. The molecule has 5 heteroatoms. The number of rotatable bonds is 4. The molecule has 1 amide bonds. The van der Waals surface area contributed by atoms with Crippen molar-refractivity contribution in [1.29, 1.82) is 0 Å². The molecule has 1 fully saturated rings. The van der Waals surface area contributed by atoms with E-state index in [1.807, 2.05) is 23.1 Å². The van der Waals surface area contributed by atoms with Gasteiger partial charge in [0.15, 0.2) is 0 Å². The number of halogens is 1. The molecule has 1 aliphatic heterocycles. The number of benzene rings is 2. The molecule has 2 N–H and O–H groups in total. The minimum absolute atomic E-state index is 0.203. The van der Waals surface area contributed by atoms with E-state index in [-0.39, 0.29) is 5.56 Å². The fraction of sp³-hybridized carbons (Fsp3) is 0.278. The lowest BCUT2D eigenvalue weighted by atomic mass is 10.1. The van der Waals surface area contributed by atoms with E-state index >= 15 is 0 Å².